The van der Waals surface area contributed by atoms with E-state index in [2.05, 4.69) is 4.98 Å². The van der Waals surface area contributed by atoms with Crippen LogP contribution in [-0.4, -0.2) is 21.4 Å². The number of aromatic nitrogens is 2. The number of rotatable bonds is 3. The van der Waals surface area contributed by atoms with Gasteiger partial charge in [0, 0.05) is 18.9 Å². The van der Waals surface area contributed by atoms with Crippen LogP contribution in [0.4, 0.5) is 5.69 Å². The molecule has 6 heteroatoms. The molecule has 16 heavy (non-hydrogen) atoms. The molecule has 0 N–H and O–H groups in total. The topological polar surface area (TPSA) is 69.7 Å². The normalized spacial score (nSPS) is 10.9. The van der Waals surface area contributed by atoms with Crippen molar-refractivity contribution in [3.05, 3.63) is 39.8 Å². The molecule has 2 heterocycles. The number of nitrogens with zero attached hydrogens (tertiary/aromatic N) is 3. The van der Waals surface area contributed by atoms with Crippen molar-refractivity contribution >= 4 is 11.3 Å². The number of imidazole rings is 1. The minimum absolute atomic E-state index is 0.0527. The van der Waals surface area contributed by atoms with E-state index in [1.807, 2.05) is 6.92 Å². The number of pyridine rings is 1. The van der Waals surface area contributed by atoms with Crippen LogP contribution >= 0.6 is 0 Å². The van der Waals surface area contributed by atoms with Crippen molar-refractivity contribution in [2.75, 3.05) is 7.11 Å². The van der Waals surface area contributed by atoms with Crippen LogP contribution in [0, 0.1) is 17.0 Å². The summed E-state index contributed by atoms with van der Waals surface area (Å²) >= 11 is 0. The van der Waals surface area contributed by atoms with Crippen LogP contribution in [0.1, 0.15) is 11.4 Å². The monoisotopic (exact) mass is 221 g/mol. The summed E-state index contributed by atoms with van der Waals surface area (Å²) in [6, 6.07) is 3.07. The van der Waals surface area contributed by atoms with E-state index in [9.17, 15) is 10.1 Å². The third-order valence-electron chi connectivity index (χ3n) is 2.43. The van der Waals surface area contributed by atoms with Crippen molar-refractivity contribution in [1.29, 1.82) is 0 Å². The van der Waals surface area contributed by atoms with E-state index >= 15 is 0 Å². The van der Waals surface area contributed by atoms with Gasteiger partial charge in [0.2, 0.25) is 0 Å². The lowest BCUT2D eigenvalue weighted by atomic mass is 10.3. The van der Waals surface area contributed by atoms with Crippen molar-refractivity contribution < 1.29 is 9.66 Å². The minimum Gasteiger partial charge on any atom is -0.378 e. The van der Waals surface area contributed by atoms with Crippen molar-refractivity contribution in [1.82, 2.24) is 9.38 Å². The van der Waals surface area contributed by atoms with E-state index in [0.717, 1.165) is 11.4 Å². The van der Waals surface area contributed by atoms with Gasteiger partial charge in [-0.3, -0.25) is 14.5 Å². The summed E-state index contributed by atoms with van der Waals surface area (Å²) in [4.78, 5) is 14.5. The zero-order valence-corrected chi connectivity index (χ0v) is 9.01. The third kappa shape index (κ3) is 1.63. The smallest absolute Gasteiger partial charge is 0.286 e. The van der Waals surface area contributed by atoms with Crippen LogP contribution < -0.4 is 0 Å². The highest BCUT2D eigenvalue weighted by Gasteiger charge is 2.11. The molecule has 0 atom stereocenters. The third-order valence-corrected chi connectivity index (χ3v) is 2.43. The fraction of sp³-hybridized carbons (Fsp3) is 0.300. The summed E-state index contributed by atoms with van der Waals surface area (Å²) in [7, 11) is 1.59. The lowest BCUT2D eigenvalue weighted by Gasteiger charge is -1.97. The number of methoxy groups -OCH3 is 1. The first-order valence-corrected chi connectivity index (χ1v) is 4.74. The molecule has 2 aromatic heterocycles. The summed E-state index contributed by atoms with van der Waals surface area (Å²) in [5, 5.41) is 10.6. The molecule has 0 fully saturated rings. The van der Waals surface area contributed by atoms with Gasteiger partial charge in [0.15, 0.2) is 0 Å². The van der Waals surface area contributed by atoms with Gasteiger partial charge in [0.05, 0.1) is 23.4 Å². The van der Waals surface area contributed by atoms with Crippen LogP contribution in [0.3, 0.4) is 0 Å². The maximum Gasteiger partial charge on any atom is 0.286 e. The van der Waals surface area contributed by atoms with E-state index in [1.54, 1.807) is 17.6 Å². The number of hydrogen-bond donors (Lipinski definition) is 0. The van der Waals surface area contributed by atoms with Crippen LogP contribution in [0.5, 0.6) is 0 Å². The highest BCUT2D eigenvalue weighted by Crippen LogP contribution is 2.17. The summed E-state index contributed by atoms with van der Waals surface area (Å²) in [6.45, 7) is 2.26. The van der Waals surface area contributed by atoms with E-state index in [-0.39, 0.29) is 5.69 Å². The predicted molar refractivity (Wildman–Crippen MR) is 57.3 cm³/mol. The Labute approximate surface area is 91.6 Å². The zero-order chi connectivity index (χ0) is 11.7. The summed E-state index contributed by atoms with van der Waals surface area (Å²) < 4.78 is 6.71. The lowest BCUT2D eigenvalue weighted by molar-refractivity contribution is -0.385. The Morgan fingerprint density at radius 3 is 2.94 bits per heavy atom. The Morgan fingerprint density at radius 1 is 1.56 bits per heavy atom. The van der Waals surface area contributed by atoms with Crippen molar-refractivity contribution in [3.8, 4) is 0 Å². The summed E-state index contributed by atoms with van der Waals surface area (Å²) in [6.07, 6.45) is 1.47. The molecule has 0 bridgehead atoms. The number of hydrogen-bond acceptors (Lipinski definition) is 4. The van der Waals surface area contributed by atoms with Gasteiger partial charge in [-0.25, -0.2) is 4.98 Å². The molecular formula is C10H11N3O3. The standard InChI is InChI=1S/C10H11N3O3/c1-7-9(6-16-2)11-10-4-3-8(13(14)15)5-12(7)10/h3-5H,6H2,1-2H3. The Hall–Kier alpha value is -1.95. The van der Waals surface area contributed by atoms with Gasteiger partial charge >= 0.3 is 0 Å². The minimum atomic E-state index is -0.422. The molecule has 0 aromatic carbocycles. The van der Waals surface area contributed by atoms with Gasteiger partial charge < -0.3 is 4.74 Å². The summed E-state index contributed by atoms with van der Waals surface area (Å²) in [5.74, 6) is 0. The SMILES string of the molecule is COCc1nc2ccc([N+](=O)[O-])cn2c1C. The van der Waals surface area contributed by atoms with E-state index < -0.39 is 4.92 Å². The fourth-order valence-electron chi connectivity index (χ4n) is 1.58. The Bertz CT molecular complexity index is 547. The van der Waals surface area contributed by atoms with Gasteiger partial charge in [-0.1, -0.05) is 0 Å². The van der Waals surface area contributed by atoms with Crippen LogP contribution in [0.2, 0.25) is 0 Å². The molecule has 2 aromatic rings. The molecule has 0 amide bonds. The molecule has 0 aliphatic rings. The maximum absolute atomic E-state index is 10.6. The molecule has 6 nitrogen and oxygen atoms in total. The second kappa shape index (κ2) is 3.90. The van der Waals surface area contributed by atoms with Gasteiger partial charge in [0.25, 0.3) is 5.69 Å². The first-order valence-electron chi connectivity index (χ1n) is 4.74. The molecule has 84 valence electrons. The molecule has 2 rings (SSSR count). The Kier molecular flexibility index (Phi) is 2.57. The summed E-state index contributed by atoms with van der Waals surface area (Å²) in [5.41, 5.74) is 2.40. The number of ether oxygens (including phenoxy) is 1. The van der Waals surface area contributed by atoms with Crippen LogP contribution in [0.25, 0.3) is 5.65 Å². The highest BCUT2D eigenvalue weighted by molar-refractivity contribution is 5.47. The Morgan fingerprint density at radius 2 is 2.31 bits per heavy atom. The van der Waals surface area contributed by atoms with Gasteiger partial charge in [-0.2, -0.15) is 0 Å². The van der Waals surface area contributed by atoms with E-state index in [1.165, 1.54) is 12.3 Å². The fourth-order valence-corrected chi connectivity index (χ4v) is 1.58. The molecule has 0 aliphatic carbocycles. The second-order valence-electron chi connectivity index (χ2n) is 3.45. The quantitative estimate of drug-likeness (QED) is 0.584. The van der Waals surface area contributed by atoms with Gasteiger partial charge in [0.1, 0.15) is 5.65 Å². The number of nitro groups is 1. The Balaban J connectivity index is 2.59. The number of aryl methyl sites for hydroxylation is 1. The molecule has 0 unspecified atom stereocenters. The zero-order valence-electron chi connectivity index (χ0n) is 9.01. The molecule has 0 radical (unpaired) electrons. The maximum atomic E-state index is 10.6. The average Bonchev–Trinajstić information content (AvgIpc) is 2.56. The largest absolute Gasteiger partial charge is 0.378 e. The van der Waals surface area contributed by atoms with E-state index in [4.69, 9.17) is 4.74 Å². The first kappa shape index (κ1) is 10.6. The molecular weight excluding hydrogens is 210 g/mol. The molecule has 0 saturated heterocycles. The first-order chi connectivity index (χ1) is 7.63. The van der Waals surface area contributed by atoms with Gasteiger partial charge in [-0.15, -0.1) is 0 Å². The molecule has 0 aliphatic heterocycles. The van der Waals surface area contributed by atoms with Crippen molar-refractivity contribution in [2.24, 2.45) is 0 Å². The average molecular weight is 221 g/mol. The predicted octanol–water partition coefficient (Wildman–Crippen LogP) is 1.70. The van der Waals surface area contributed by atoms with Crippen molar-refractivity contribution in [2.45, 2.75) is 13.5 Å². The highest BCUT2D eigenvalue weighted by atomic mass is 16.6. The second-order valence-corrected chi connectivity index (χ2v) is 3.45. The van der Waals surface area contributed by atoms with Crippen LogP contribution in [-0.2, 0) is 11.3 Å². The lowest BCUT2D eigenvalue weighted by Crippen LogP contribution is -1.94. The van der Waals surface area contributed by atoms with Crippen LogP contribution in [0.15, 0.2) is 18.3 Å². The van der Waals surface area contributed by atoms with E-state index in [0.29, 0.717) is 12.3 Å². The molecule has 0 saturated carbocycles. The number of fused-ring (bicyclic) bond motifs is 1. The van der Waals surface area contributed by atoms with Gasteiger partial charge in [-0.05, 0) is 13.0 Å². The molecule has 0 spiro atoms. The van der Waals surface area contributed by atoms with Crippen molar-refractivity contribution in [3.63, 3.8) is 0 Å².